The molecule has 29 heavy (non-hydrogen) atoms. The Kier molecular flexibility index (Phi) is 4.24. The molecule has 3 aromatic carbocycles. The number of carbonyl (C=O) groups excluding carboxylic acids is 1. The zero-order valence-corrected chi connectivity index (χ0v) is 15.5. The molecule has 1 saturated heterocycles. The summed E-state index contributed by atoms with van der Waals surface area (Å²) in [4.78, 5) is 22.5. The smallest absolute Gasteiger partial charge is 0.253 e. The van der Waals surface area contributed by atoms with E-state index in [9.17, 15) is 9.18 Å². The minimum absolute atomic E-state index is 0.00862. The molecule has 5 nitrogen and oxygen atoms in total. The number of aromatic nitrogens is 2. The van der Waals surface area contributed by atoms with Crippen molar-refractivity contribution < 1.29 is 13.9 Å². The summed E-state index contributed by atoms with van der Waals surface area (Å²) in [5, 5.41) is 0. The van der Waals surface area contributed by atoms with Crippen molar-refractivity contribution in [3.8, 4) is 11.5 Å². The van der Waals surface area contributed by atoms with Crippen molar-refractivity contribution >= 4 is 16.9 Å². The Morgan fingerprint density at radius 3 is 2.31 bits per heavy atom. The molecule has 1 N–H and O–H groups in total. The van der Waals surface area contributed by atoms with Gasteiger partial charge in [0.1, 0.15) is 23.1 Å². The van der Waals surface area contributed by atoms with E-state index in [0.717, 1.165) is 16.9 Å². The maximum atomic E-state index is 13.0. The van der Waals surface area contributed by atoms with Gasteiger partial charge in [0.2, 0.25) is 0 Å². The number of aromatic amines is 1. The second-order valence-electron chi connectivity index (χ2n) is 7.13. The van der Waals surface area contributed by atoms with E-state index in [1.165, 1.54) is 12.1 Å². The van der Waals surface area contributed by atoms with Crippen LogP contribution in [0.25, 0.3) is 11.0 Å². The van der Waals surface area contributed by atoms with Crippen LogP contribution in [-0.4, -0.2) is 33.9 Å². The van der Waals surface area contributed by atoms with Crippen molar-refractivity contribution in [2.45, 2.75) is 5.92 Å². The highest BCUT2D eigenvalue weighted by Crippen LogP contribution is 2.29. The normalized spacial score (nSPS) is 14.0. The van der Waals surface area contributed by atoms with Crippen molar-refractivity contribution in [2.75, 3.05) is 13.1 Å². The number of imidazole rings is 1. The highest BCUT2D eigenvalue weighted by molar-refractivity contribution is 5.95. The Balaban J connectivity index is 1.21. The number of benzene rings is 3. The van der Waals surface area contributed by atoms with E-state index < -0.39 is 0 Å². The lowest BCUT2D eigenvalue weighted by Crippen LogP contribution is -2.48. The van der Waals surface area contributed by atoms with E-state index in [2.05, 4.69) is 9.97 Å². The molecule has 5 rings (SSSR count). The predicted octanol–water partition coefficient (Wildman–Crippen LogP) is 4.73. The number of likely N-dealkylation sites (tertiary alicyclic amines) is 1. The van der Waals surface area contributed by atoms with Crippen LogP contribution in [-0.2, 0) is 0 Å². The molecule has 144 valence electrons. The van der Waals surface area contributed by atoms with E-state index in [1.54, 1.807) is 36.4 Å². The molecule has 2 heterocycles. The van der Waals surface area contributed by atoms with Gasteiger partial charge >= 0.3 is 0 Å². The second kappa shape index (κ2) is 7.05. The Morgan fingerprint density at radius 1 is 0.966 bits per heavy atom. The number of nitrogens with zero attached hydrogens (tertiary/aromatic N) is 2. The summed E-state index contributed by atoms with van der Waals surface area (Å²) in [6.45, 7) is 1.29. The molecule has 0 aliphatic carbocycles. The van der Waals surface area contributed by atoms with Crippen molar-refractivity contribution in [2.24, 2.45) is 0 Å². The van der Waals surface area contributed by atoms with Gasteiger partial charge in [-0.3, -0.25) is 4.79 Å². The van der Waals surface area contributed by atoms with Gasteiger partial charge in [-0.2, -0.15) is 0 Å². The molecule has 1 aliphatic rings. The Morgan fingerprint density at radius 2 is 1.62 bits per heavy atom. The number of ether oxygens (including phenoxy) is 1. The Labute approximate surface area is 166 Å². The van der Waals surface area contributed by atoms with Crippen LogP contribution < -0.4 is 4.74 Å². The summed E-state index contributed by atoms with van der Waals surface area (Å²) in [6.07, 6.45) is 0. The van der Waals surface area contributed by atoms with Gasteiger partial charge in [0, 0.05) is 18.7 Å². The molecular formula is C23H18FN3O2. The topological polar surface area (TPSA) is 58.2 Å². The molecule has 0 atom stereocenters. The van der Waals surface area contributed by atoms with Gasteiger partial charge < -0.3 is 14.6 Å². The highest BCUT2D eigenvalue weighted by atomic mass is 19.1. The molecule has 0 spiro atoms. The van der Waals surface area contributed by atoms with Gasteiger partial charge in [-0.15, -0.1) is 0 Å². The Hall–Kier alpha value is -3.67. The number of hydrogen-bond acceptors (Lipinski definition) is 3. The van der Waals surface area contributed by atoms with Crippen molar-refractivity contribution in [3.05, 3.63) is 90.0 Å². The predicted molar refractivity (Wildman–Crippen MR) is 108 cm³/mol. The summed E-state index contributed by atoms with van der Waals surface area (Å²) in [7, 11) is 0. The number of carbonyl (C=O) groups is 1. The first-order chi connectivity index (χ1) is 14.2. The minimum Gasteiger partial charge on any atom is -0.457 e. The average molecular weight is 387 g/mol. The second-order valence-corrected chi connectivity index (χ2v) is 7.13. The highest BCUT2D eigenvalue weighted by Gasteiger charge is 2.34. The third-order valence-corrected chi connectivity index (χ3v) is 5.11. The molecule has 1 amide bonds. The fourth-order valence-electron chi connectivity index (χ4n) is 3.47. The van der Waals surface area contributed by atoms with Crippen LogP contribution in [0.15, 0.2) is 72.8 Å². The van der Waals surface area contributed by atoms with E-state index in [1.807, 2.05) is 29.2 Å². The van der Waals surface area contributed by atoms with Crippen LogP contribution in [0.1, 0.15) is 22.1 Å². The minimum atomic E-state index is -0.311. The van der Waals surface area contributed by atoms with Crippen LogP contribution >= 0.6 is 0 Å². The molecule has 0 radical (unpaired) electrons. The molecule has 4 aromatic rings. The summed E-state index contributed by atoms with van der Waals surface area (Å²) >= 11 is 0. The van der Waals surface area contributed by atoms with E-state index >= 15 is 0 Å². The number of H-pyrrole nitrogens is 1. The quantitative estimate of drug-likeness (QED) is 0.551. The van der Waals surface area contributed by atoms with Crippen LogP contribution in [0.5, 0.6) is 11.5 Å². The third-order valence-electron chi connectivity index (χ3n) is 5.11. The molecule has 0 unspecified atom stereocenters. The summed E-state index contributed by atoms with van der Waals surface area (Å²) in [6, 6.07) is 20.7. The maximum Gasteiger partial charge on any atom is 0.253 e. The number of nitrogens with one attached hydrogen (secondary N) is 1. The molecule has 1 fully saturated rings. The first-order valence-electron chi connectivity index (χ1n) is 9.43. The van der Waals surface area contributed by atoms with E-state index in [0.29, 0.717) is 30.2 Å². The van der Waals surface area contributed by atoms with Gasteiger partial charge in [0.05, 0.1) is 17.0 Å². The SMILES string of the molecule is O=C(c1ccc(Oc2ccc(F)cc2)cc1)N1CC(c2nc3ccccc3[nH]2)C1. The zero-order valence-electron chi connectivity index (χ0n) is 15.5. The third kappa shape index (κ3) is 3.45. The van der Waals surface area contributed by atoms with Crippen molar-refractivity contribution in [1.29, 1.82) is 0 Å². The standard InChI is InChI=1S/C23H18FN3O2/c24-17-7-11-19(12-8-17)29-18-9-5-15(6-10-18)23(28)27-13-16(14-27)22-25-20-3-1-2-4-21(20)26-22/h1-12,16H,13-14H2,(H,25,26). The summed E-state index contributed by atoms with van der Waals surface area (Å²) in [5.74, 6) is 1.98. The van der Waals surface area contributed by atoms with Crippen LogP contribution in [0, 0.1) is 5.82 Å². The number of rotatable bonds is 4. The largest absolute Gasteiger partial charge is 0.457 e. The molecular weight excluding hydrogens is 369 g/mol. The zero-order chi connectivity index (χ0) is 19.8. The Bertz CT molecular complexity index is 1130. The fraction of sp³-hybridized carbons (Fsp3) is 0.130. The lowest BCUT2D eigenvalue weighted by atomic mass is 9.98. The van der Waals surface area contributed by atoms with Gasteiger partial charge in [-0.25, -0.2) is 9.37 Å². The van der Waals surface area contributed by atoms with Gasteiger partial charge in [-0.05, 0) is 60.7 Å². The van der Waals surface area contributed by atoms with E-state index in [4.69, 9.17) is 4.74 Å². The number of fused-ring (bicyclic) bond motifs is 1. The van der Waals surface area contributed by atoms with Gasteiger partial charge in [0.25, 0.3) is 5.91 Å². The molecule has 0 bridgehead atoms. The number of hydrogen-bond donors (Lipinski definition) is 1. The molecule has 0 saturated carbocycles. The first kappa shape index (κ1) is 17.4. The molecule has 1 aromatic heterocycles. The number of para-hydroxylation sites is 2. The first-order valence-corrected chi connectivity index (χ1v) is 9.43. The van der Waals surface area contributed by atoms with Crippen molar-refractivity contribution in [3.63, 3.8) is 0 Å². The van der Waals surface area contributed by atoms with E-state index in [-0.39, 0.29) is 17.6 Å². The number of amides is 1. The van der Waals surface area contributed by atoms with Crippen LogP contribution in [0.3, 0.4) is 0 Å². The van der Waals surface area contributed by atoms with Crippen LogP contribution in [0.2, 0.25) is 0 Å². The van der Waals surface area contributed by atoms with Gasteiger partial charge in [-0.1, -0.05) is 12.1 Å². The monoisotopic (exact) mass is 387 g/mol. The lowest BCUT2D eigenvalue weighted by molar-refractivity contribution is 0.0596. The lowest BCUT2D eigenvalue weighted by Gasteiger charge is -2.38. The average Bonchev–Trinajstić information content (AvgIpc) is 3.12. The maximum absolute atomic E-state index is 13.0. The van der Waals surface area contributed by atoms with Gasteiger partial charge in [0.15, 0.2) is 0 Å². The fourth-order valence-corrected chi connectivity index (χ4v) is 3.47. The van der Waals surface area contributed by atoms with Crippen LogP contribution in [0.4, 0.5) is 4.39 Å². The number of halogens is 1. The molecule has 6 heteroatoms. The molecule has 1 aliphatic heterocycles. The summed E-state index contributed by atoms with van der Waals surface area (Å²) in [5.41, 5.74) is 2.58. The van der Waals surface area contributed by atoms with Crippen molar-refractivity contribution in [1.82, 2.24) is 14.9 Å². The summed E-state index contributed by atoms with van der Waals surface area (Å²) < 4.78 is 18.6.